The highest BCUT2D eigenvalue weighted by atomic mass is 15.1. The van der Waals surface area contributed by atoms with Crippen molar-refractivity contribution in [1.29, 1.82) is 0 Å². The van der Waals surface area contributed by atoms with Gasteiger partial charge in [0.25, 0.3) is 0 Å². The van der Waals surface area contributed by atoms with Crippen molar-refractivity contribution in [3.63, 3.8) is 0 Å². The second-order valence-corrected chi connectivity index (χ2v) is 40.3. The van der Waals surface area contributed by atoms with Gasteiger partial charge in [0, 0.05) is 45.9 Å². The number of rotatable bonds is 15. The molecule has 0 saturated carbocycles. The summed E-state index contributed by atoms with van der Waals surface area (Å²) in [7, 11) is 0. The predicted molar refractivity (Wildman–Crippen MR) is 624 cm³/mol. The molecular formula is C148H100N2. The van der Waals surface area contributed by atoms with Gasteiger partial charge in [0.2, 0.25) is 0 Å². The summed E-state index contributed by atoms with van der Waals surface area (Å²) in [6, 6.07) is 212. The molecule has 25 aromatic rings. The molecule has 5 atom stereocenters. The van der Waals surface area contributed by atoms with Crippen LogP contribution in [0.2, 0.25) is 0 Å². The zero-order chi connectivity index (χ0) is 99.1. The molecule has 0 amide bonds. The van der Waals surface area contributed by atoms with Gasteiger partial charge in [0.1, 0.15) is 5.82 Å². The Morgan fingerprint density at radius 1 is 0.147 bits per heavy atom. The summed E-state index contributed by atoms with van der Waals surface area (Å²) in [4.78, 5) is 5.57. The fourth-order valence-corrected chi connectivity index (χ4v) is 25.4. The number of pyridine rings is 1. The molecule has 2 heteroatoms. The summed E-state index contributed by atoms with van der Waals surface area (Å²) in [5.41, 5.74) is 58.1. The first-order chi connectivity index (χ1) is 74.5. The molecule has 0 saturated heterocycles. The van der Waals surface area contributed by atoms with Crippen LogP contribution in [0.15, 0.2) is 576 Å². The average molecular weight is 1910 g/mol. The van der Waals surface area contributed by atoms with Crippen molar-refractivity contribution in [2.45, 2.75) is 29.6 Å². The zero-order valence-electron chi connectivity index (χ0n) is 82.6. The molecule has 2 aromatic heterocycles. The largest absolute Gasteiger partial charge is 0.293 e. The third-order valence-corrected chi connectivity index (χ3v) is 31.9. The molecule has 0 radical (unpaired) electrons. The maximum Gasteiger partial charge on any atom is 0.138 e. The fraction of sp³-hybridized carbons (Fsp3) is 0.0338. The minimum absolute atomic E-state index is 0.0604. The lowest BCUT2D eigenvalue weighted by Gasteiger charge is -2.25. The summed E-state index contributed by atoms with van der Waals surface area (Å²) < 4.78 is 2.44. The predicted octanol–water partition coefficient (Wildman–Crippen LogP) is 38.4. The monoisotopic (exact) mass is 1900 g/mol. The van der Waals surface area contributed by atoms with E-state index in [0.717, 1.165) is 33.7 Å². The van der Waals surface area contributed by atoms with Crippen molar-refractivity contribution in [2.75, 3.05) is 0 Å². The fourth-order valence-electron chi connectivity index (χ4n) is 25.4. The van der Waals surface area contributed by atoms with Gasteiger partial charge in [0.05, 0.1) is 16.7 Å². The standard InChI is InChI=1S/C54H36N2.C50H34.C44H30/c1-4-14-36(15-5-1)38-24-26-40(27-25-38)43-34-49(41-30-28-39(29-31-41)37-16-6-2-7-17-37)55-51(35-43)56-50-23-13-12-21-45(50)48-33-32-47-44-20-10-11-22-46(44)52(53(47)54(48)56)42-18-8-3-9-19-42;1-5-17-33(18-6-1)37-29-38(34-19-7-2-8-20-34)31-39(30-37)47-42-27-15-16-28-43(42)48-44(35-21-9-3-10-22-35)32-45-40-25-13-14-26-41(40)46(49(45)50(47)48)36-23-11-4-12-24-36;1-4-14-29(15-5-1)32-26-33(30-16-6-2-7-17-30)28-34(27-32)42-38-23-13-11-21-36(38)40-25-24-39-35-20-10-12-22-37(35)41(43(39)44(40)42)31-18-8-3-9-19-31/h1-35,52H;1-32,46-47H;1-28,41-42H. The van der Waals surface area contributed by atoms with Gasteiger partial charge >= 0.3 is 0 Å². The van der Waals surface area contributed by atoms with E-state index in [1.807, 2.05) is 0 Å². The van der Waals surface area contributed by atoms with Gasteiger partial charge < -0.3 is 0 Å². The normalized spacial score (nSPS) is 14.6. The summed E-state index contributed by atoms with van der Waals surface area (Å²) in [6.45, 7) is 0. The number of aromatic nitrogens is 2. The van der Waals surface area contributed by atoms with Crippen LogP contribution < -0.4 is 0 Å². The highest BCUT2D eigenvalue weighted by Gasteiger charge is 2.45. The molecule has 0 bridgehead atoms. The lowest BCUT2D eigenvalue weighted by atomic mass is 9.78. The number of benzene rings is 23. The van der Waals surface area contributed by atoms with Crippen molar-refractivity contribution in [3.05, 3.63) is 660 Å². The van der Waals surface area contributed by atoms with Crippen molar-refractivity contribution >= 4 is 21.8 Å². The number of hydrogen-bond acceptors (Lipinski definition) is 1. The van der Waals surface area contributed by atoms with E-state index in [4.69, 9.17) is 4.98 Å². The average Bonchev–Trinajstić information content (AvgIpc) is 1.54. The quantitative estimate of drug-likeness (QED) is 0.100. The molecule has 0 fully saturated rings. The van der Waals surface area contributed by atoms with Gasteiger partial charge in [-0.05, 0) is 264 Å². The number of fused-ring (bicyclic) bond motifs is 21. The van der Waals surface area contributed by atoms with Crippen molar-refractivity contribution in [3.8, 4) is 162 Å². The molecule has 2 heterocycles. The Morgan fingerprint density at radius 3 is 0.827 bits per heavy atom. The second kappa shape index (κ2) is 37.9. The minimum Gasteiger partial charge on any atom is -0.293 e. The molecule has 5 aliphatic carbocycles. The maximum absolute atomic E-state index is 5.57. The molecule has 5 unspecified atom stereocenters. The Bertz CT molecular complexity index is 9220. The second-order valence-electron chi connectivity index (χ2n) is 40.3. The smallest absolute Gasteiger partial charge is 0.138 e. The number of para-hydroxylation sites is 1. The third kappa shape index (κ3) is 15.5. The minimum atomic E-state index is 0.0604. The Balaban J connectivity index is 0.000000109. The first kappa shape index (κ1) is 88.7. The molecule has 5 aliphatic rings. The van der Waals surface area contributed by atoms with Crippen molar-refractivity contribution in [1.82, 2.24) is 9.55 Å². The summed E-state index contributed by atoms with van der Waals surface area (Å²) in [5, 5.41) is 2.46. The lowest BCUT2D eigenvalue weighted by molar-refractivity contribution is 0.938. The number of hydrogen-bond donors (Lipinski definition) is 0. The van der Waals surface area contributed by atoms with Crippen LogP contribution in [0.5, 0.6) is 0 Å². The molecule has 702 valence electrons. The van der Waals surface area contributed by atoms with Crippen LogP contribution >= 0.6 is 0 Å². The van der Waals surface area contributed by atoms with Crippen LogP contribution in [-0.2, 0) is 0 Å². The van der Waals surface area contributed by atoms with E-state index in [2.05, 4.69) is 581 Å². The van der Waals surface area contributed by atoms with E-state index in [9.17, 15) is 0 Å². The third-order valence-electron chi connectivity index (χ3n) is 31.9. The van der Waals surface area contributed by atoms with Crippen molar-refractivity contribution in [2.24, 2.45) is 0 Å². The highest BCUT2D eigenvalue weighted by Crippen LogP contribution is 2.64. The van der Waals surface area contributed by atoms with Crippen LogP contribution in [0.4, 0.5) is 0 Å². The van der Waals surface area contributed by atoms with E-state index >= 15 is 0 Å². The van der Waals surface area contributed by atoms with Gasteiger partial charge in [-0.1, -0.05) is 540 Å². The van der Waals surface area contributed by atoms with E-state index in [-0.39, 0.29) is 29.6 Å². The number of nitrogens with zero attached hydrogens (tertiary/aromatic N) is 2. The maximum atomic E-state index is 5.57. The Kier molecular flexibility index (Phi) is 22.4. The Morgan fingerprint density at radius 2 is 0.420 bits per heavy atom. The molecule has 150 heavy (non-hydrogen) atoms. The summed E-state index contributed by atoms with van der Waals surface area (Å²) in [6.07, 6.45) is 0. The molecule has 30 rings (SSSR count). The Hall–Kier alpha value is -19.0. The van der Waals surface area contributed by atoms with E-state index < -0.39 is 0 Å². The summed E-state index contributed by atoms with van der Waals surface area (Å²) >= 11 is 0. The van der Waals surface area contributed by atoms with Crippen LogP contribution in [0, 0.1) is 0 Å². The van der Waals surface area contributed by atoms with Crippen LogP contribution in [0.3, 0.4) is 0 Å². The molecular weight excluding hydrogens is 1810 g/mol. The molecule has 0 N–H and O–H groups in total. The first-order valence-electron chi connectivity index (χ1n) is 52.4. The van der Waals surface area contributed by atoms with Gasteiger partial charge in [-0.3, -0.25) is 4.57 Å². The topological polar surface area (TPSA) is 17.8 Å². The molecule has 23 aromatic carbocycles. The van der Waals surface area contributed by atoms with E-state index in [1.165, 1.54) is 233 Å². The van der Waals surface area contributed by atoms with Crippen LogP contribution in [0.25, 0.3) is 184 Å². The van der Waals surface area contributed by atoms with Gasteiger partial charge in [-0.2, -0.15) is 0 Å². The SMILES string of the molecule is c1ccc(-c2cc(-c3ccccc3)cc(C3c4ccccc4-c4c(-c5ccccc5)cc5c(c43)C(c3ccccc3)c3ccccc3-5)c2)cc1.c1ccc(-c2cc(-c3ccccc3)cc(C3c4ccccc4-c4ccc5c(c43)C(c3ccccc3)c3ccccc3-5)c2)cc1.c1ccc(-c2ccc(-c3cc(-c4ccc(-c5ccccc5)cc4)nc(-n4c5ccccc5c5ccc6c(c54)C(c4ccccc4)c4ccccc4-6)c3)cc2)cc1. The van der Waals surface area contributed by atoms with Crippen LogP contribution in [0.1, 0.15) is 113 Å². The summed E-state index contributed by atoms with van der Waals surface area (Å²) in [5.74, 6) is 1.52. The van der Waals surface area contributed by atoms with Crippen molar-refractivity contribution < 1.29 is 0 Å². The van der Waals surface area contributed by atoms with E-state index in [0.29, 0.717) is 0 Å². The van der Waals surface area contributed by atoms with Gasteiger partial charge in [0.15, 0.2) is 0 Å². The van der Waals surface area contributed by atoms with Crippen LogP contribution in [-0.4, -0.2) is 9.55 Å². The van der Waals surface area contributed by atoms with E-state index in [1.54, 1.807) is 0 Å². The lowest BCUT2D eigenvalue weighted by Crippen LogP contribution is -2.08. The van der Waals surface area contributed by atoms with Gasteiger partial charge in [-0.15, -0.1) is 0 Å². The van der Waals surface area contributed by atoms with Gasteiger partial charge in [-0.25, -0.2) is 4.98 Å². The molecule has 0 aliphatic heterocycles. The highest BCUT2D eigenvalue weighted by molar-refractivity contribution is 6.13. The molecule has 2 nitrogen and oxygen atoms in total. The Labute approximate surface area is 875 Å². The zero-order valence-corrected chi connectivity index (χ0v) is 82.6. The first-order valence-corrected chi connectivity index (χ1v) is 52.4. The molecule has 0 spiro atoms.